The van der Waals surface area contributed by atoms with Gasteiger partial charge >= 0.3 is 0 Å². The van der Waals surface area contributed by atoms with E-state index in [9.17, 15) is 4.79 Å². The van der Waals surface area contributed by atoms with Crippen molar-refractivity contribution >= 4 is 34.7 Å². The van der Waals surface area contributed by atoms with E-state index in [0.717, 1.165) is 17.1 Å². The molecular weight excluding hydrogens is 402 g/mol. The van der Waals surface area contributed by atoms with Crippen molar-refractivity contribution in [3.05, 3.63) is 84.3 Å². The second-order valence-corrected chi connectivity index (χ2v) is 7.56. The third kappa shape index (κ3) is 5.28. The van der Waals surface area contributed by atoms with Crippen LogP contribution in [0.25, 0.3) is 0 Å². The number of benzene rings is 2. The minimum atomic E-state index is -0.400. The number of hydrogen-bond donors (Lipinski definition) is 3. The maximum atomic E-state index is 12.4. The molecule has 4 rings (SSSR count). The summed E-state index contributed by atoms with van der Waals surface area (Å²) in [5, 5.41) is 13.5. The summed E-state index contributed by atoms with van der Waals surface area (Å²) in [7, 11) is 0. The molecule has 0 aliphatic rings. The largest absolute Gasteiger partial charge is 0.340 e. The van der Waals surface area contributed by atoms with E-state index >= 15 is 0 Å². The van der Waals surface area contributed by atoms with Gasteiger partial charge < -0.3 is 16.0 Å². The second kappa shape index (κ2) is 9.30. The number of rotatable bonds is 7. The molecule has 2 heterocycles. The number of aryl methyl sites for hydroxylation is 2. The summed E-state index contributed by atoms with van der Waals surface area (Å²) in [6.45, 7) is 5.78. The van der Waals surface area contributed by atoms with Crippen LogP contribution in [0.2, 0.25) is 0 Å². The van der Waals surface area contributed by atoms with Crippen molar-refractivity contribution in [1.82, 2.24) is 19.7 Å². The molecule has 0 spiro atoms. The molecule has 1 amide bonds. The molecule has 4 aromatic rings. The second-order valence-electron chi connectivity index (χ2n) is 7.56. The first kappa shape index (κ1) is 21.0. The summed E-state index contributed by atoms with van der Waals surface area (Å²) >= 11 is 0. The number of aromatic nitrogens is 4. The van der Waals surface area contributed by atoms with Crippen LogP contribution in [0.4, 0.5) is 28.8 Å². The lowest BCUT2D eigenvalue weighted by molar-refractivity contribution is -0.119. The molecule has 1 atom stereocenters. The van der Waals surface area contributed by atoms with Crippen molar-refractivity contribution < 1.29 is 4.79 Å². The Morgan fingerprint density at radius 2 is 1.56 bits per heavy atom. The Labute approximate surface area is 186 Å². The normalized spacial score (nSPS) is 11.6. The first-order valence-corrected chi connectivity index (χ1v) is 10.3. The van der Waals surface area contributed by atoms with Crippen LogP contribution < -0.4 is 16.0 Å². The van der Waals surface area contributed by atoms with Gasteiger partial charge in [-0.3, -0.25) is 9.48 Å². The van der Waals surface area contributed by atoms with Gasteiger partial charge in [-0.15, -0.1) is 0 Å². The molecule has 3 N–H and O–H groups in total. The molecule has 0 fully saturated rings. The first-order valence-electron chi connectivity index (χ1n) is 10.3. The number of carbonyl (C=O) groups excluding carboxylic acids is 1. The molecular formula is C24H25N7O. The molecule has 0 saturated heterocycles. The van der Waals surface area contributed by atoms with E-state index in [1.807, 2.05) is 61.5 Å². The molecule has 0 aliphatic carbocycles. The fraction of sp³-hybridized carbons (Fsp3) is 0.167. The van der Waals surface area contributed by atoms with Crippen molar-refractivity contribution in [2.45, 2.75) is 26.8 Å². The van der Waals surface area contributed by atoms with Crippen LogP contribution in [-0.4, -0.2) is 25.7 Å². The number of carbonyl (C=O) groups is 1. The van der Waals surface area contributed by atoms with E-state index in [1.165, 1.54) is 5.56 Å². The Hall–Kier alpha value is -4.20. The van der Waals surface area contributed by atoms with Crippen molar-refractivity contribution in [3.63, 3.8) is 0 Å². The lowest BCUT2D eigenvalue weighted by Crippen LogP contribution is -2.23. The molecule has 32 heavy (non-hydrogen) atoms. The standard InChI is InChI=1S/C24H25N7O/c1-16-5-7-19(8-6-16)27-22-15-17(2)26-24(30-22)29-21-11-9-20(10-12-21)28-23(32)18(3)31-14-4-13-25-31/h4-15,18H,1-3H3,(H,28,32)(H2,26,27,29,30)/t18-/m0/s1. The van der Waals surface area contributed by atoms with Gasteiger partial charge in [0.15, 0.2) is 0 Å². The molecule has 0 aliphatic heterocycles. The van der Waals surface area contributed by atoms with E-state index in [1.54, 1.807) is 30.1 Å². The number of amides is 1. The molecule has 8 heteroatoms. The quantitative estimate of drug-likeness (QED) is 0.385. The number of anilines is 5. The highest BCUT2D eigenvalue weighted by molar-refractivity contribution is 5.93. The Bertz CT molecular complexity index is 1190. The Balaban J connectivity index is 1.41. The highest BCUT2D eigenvalue weighted by Crippen LogP contribution is 2.21. The maximum Gasteiger partial charge on any atom is 0.248 e. The van der Waals surface area contributed by atoms with Crippen LogP contribution >= 0.6 is 0 Å². The monoisotopic (exact) mass is 427 g/mol. The lowest BCUT2D eigenvalue weighted by atomic mass is 10.2. The molecule has 162 valence electrons. The van der Waals surface area contributed by atoms with Crippen LogP contribution in [-0.2, 0) is 4.79 Å². The Morgan fingerprint density at radius 1 is 0.906 bits per heavy atom. The Morgan fingerprint density at radius 3 is 2.25 bits per heavy atom. The van der Waals surface area contributed by atoms with E-state index in [-0.39, 0.29) is 5.91 Å². The van der Waals surface area contributed by atoms with Crippen LogP contribution in [0.5, 0.6) is 0 Å². The van der Waals surface area contributed by atoms with Gasteiger partial charge in [-0.05, 0) is 63.2 Å². The third-order valence-electron chi connectivity index (χ3n) is 4.89. The van der Waals surface area contributed by atoms with Crippen molar-refractivity contribution in [2.24, 2.45) is 0 Å². The van der Waals surface area contributed by atoms with Gasteiger partial charge in [0.2, 0.25) is 11.9 Å². The smallest absolute Gasteiger partial charge is 0.248 e. The average molecular weight is 428 g/mol. The van der Waals surface area contributed by atoms with Gasteiger partial charge in [0.05, 0.1) is 0 Å². The molecule has 2 aromatic carbocycles. The fourth-order valence-corrected chi connectivity index (χ4v) is 3.12. The fourth-order valence-electron chi connectivity index (χ4n) is 3.12. The molecule has 8 nitrogen and oxygen atoms in total. The van der Waals surface area contributed by atoms with Gasteiger partial charge in [0.25, 0.3) is 0 Å². The zero-order valence-corrected chi connectivity index (χ0v) is 18.2. The first-order chi connectivity index (χ1) is 15.5. The predicted molar refractivity (Wildman–Crippen MR) is 127 cm³/mol. The SMILES string of the molecule is Cc1ccc(Nc2cc(C)nc(Nc3ccc(NC(=O)[C@H](C)n4cccn4)cc3)n2)cc1. The zero-order valence-electron chi connectivity index (χ0n) is 18.2. The van der Waals surface area contributed by atoms with Gasteiger partial charge in [0.1, 0.15) is 11.9 Å². The van der Waals surface area contributed by atoms with Gasteiger partial charge in [0, 0.05) is 41.2 Å². The lowest BCUT2D eigenvalue weighted by Gasteiger charge is -2.13. The summed E-state index contributed by atoms with van der Waals surface area (Å²) in [6.07, 6.45) is 3.42. The molecule has 0 saturated carbocycles. The molecule has 0 radical (unpaired) electrons. The summed E-state index contributed by atoms with van der Waals surface area (Å²) in [5.41, 5.74) is 4.52. The topological polar surface area (TPSA) is 96.8 Å². The van der Waals surface area contributed by atoms with Crippen LogP contribution in [0, 0.1) is 13.8 Å². The van der Waals surface area contributed by atoms with E-state index in [2.05, 4.69) is 37.9 Å². The molecule has 0 unspecified atom stereocenters. The maximum absolute atomic E-state index is 12.4. The van der Waals surface area contributed by atoms with Crippen LogP contribution in [0.1, 0.15) is 24.2 Å². The number of hydrogen-bond acceptors (Lipinski definition) is 6. The summed E-state index contributed by atoms with van der Waals surface area (Å²) < 4.78 is 1.61. The van der Waals surface area contributed by atoms with Crippen LogP contribution in [0.15, 0.2) is 73.1 Å². The van der Waals surface area contributed by atoms with Crippen molar-refractivity contribution in [3.8, 4) is 0 Å². The summed E-state index contributed by atoms with van der Waals surface area (Å²) in [5.74, 6) is 1.06. The van der Waals surface area contributed by atoms with Gasteiger partial charge in [-0.25, -0.2) is 4.98 Å². The van der Waals surface area contributed by atoms with Gasteiger partial charge in [-0.2, -0.15) is 10.1 Å². The van der Waals surface area contributed by atoms with E-state index in [0.29, 0.717) is 17.5 Å². The van der Waals surface area contributed by atoms with E-state index < -0.39 is 6.04 Å². The van der Waals surface area contributed by atoms with E-state index in [4.69, 9.17) is 0 Å². The predicted octanol–water partition coefficient (Wildman–Crippen LogP) is 4.98. The zero-order chi connectivity index (χ0) is 22.5. The minimum absolute atomic E-state index is 0.136. The highest BCUT2D eigenvalue weighted by atomic mass is 16.2. The van der Waals surface area contributed by atoms with Crippen LogP contribution in [0.3, 0.4) is 0 Å². The average Bonchev–Trinajstić information content (AvgIpc) is 3.31. The number of nitrogens with zero attached hydrogens (tertiary/aromatic N) is 4. The van der Waals surface area contributed by atoms with Gasteiger partial charge in [-0.1, -0.05) is 17.7 Å². The van der Waals surface area contributed by atoms with Crippen molar-refractivity contribution in [2.75, 3.05) is 16.0 Å². The molecule has 0 bridgehead atoms. The highest BCUT2D eigenvalue weighted by Gasteiger charge is 2.15. The summed E-state index contributed by atoms with van der Waals surface area (Å²) in [4.78, 5) is 21.4. The third-order valence-corrected chi connectivity index (χ3v) is 4.89. The summed E-state index contributed by atoms with van der Waals surface area (Å²) in [6, 6.07) is 18.8. The van der Waals surface area contributed by atoms with Crippen molar-refractivity contribution in [1.29, 1.82) is 0 Å². The molecule has 2 aromatic heterocycles. The number of nitrogens with one attached hydrogen (secondary N) is 3. The Kier molecular flexibility index (Phi) is 6.12. The minimum Gasteiger partial charge on any atom is -0.340 e.